The molecule has 3 rings (SSSR count). The van der Waals surface area contributed by atoms with Gasteiger partial charge in [0.25, 0.3) is 5.91 Å². The summed E-state index contributed by atoms with van der Waals surface area (Å²) in [5.74, 6) is 0.456. The van der Waals surface area contributed by atoms with Gasteiger partial charge in [-0.3, -0.25) is 9.78 Å². The zero-order valence-corrected chi connectivity index (χ0v) is 18.5. The number of sulfonamides is 1. The number of nitrogens with one attached hydrogen (secondary N) is 2. The number of rotatable bonds is 10. The first-order chi connectivity index (χ1) is 14.9. The van der Waals surface area contributed by atoms with Crippen molar-refractivity contribution in [2.24, 2.45) is 0 Å². The average Bonchev–Trinajstić information content (AvgIpc) is 2.78. The highest BCUT2D eigenvalue weighted by atomic mass is 32.2. The van der Waals surface area contributed by atoms with Gasteiger partial charge in [-0.05, 0) is 56.2 Å². The zero-order chi connectivity index (χ0) is 22.3. The molecule has 0 radical (unpaired) electrons. The highest BCUT2D eigenvalue weighted by molar-refractivity contribution is 7.89. The van der Waals surface area contributed by atoms with Crippen LogP contribution in [0.2, 0.25) is 0 Å². The van der Waals surface area contributed by atoms with E-state index in [0.717, 1.165) is 10.9 Å². The van der Waals surface area contributed by atoms with E-state index in [9.17, 15) is 13.2 Å². The maximum atomic E-state index is 12.3. The Bertz CT molecular complexity index is 1130. The Kier molecular flexibility index (Phi) is 7.59. The second-order valence-electron chi connectivity index (χ2n) is 7.24. The minimum atomic E-state index is -3.58. The van der Waals surface area contributed by atoms with Gasteiger partial charge in [-0.2, -0.15) is 0 Å². The summed E-state index contributed by atoms with van der Waals surface area (Å²) >= 11 is 0. The Morgan fingerprint density at radius 3 is 2.58 bits per heavy atom. The van der Waals surface area contributed by atoms with Crippen molar-refractivity contribution in [3.05, 3.63) is 66.4 Å². The van der Waals surface area contributed by atoms with Crippen LogP contribution in [0.15, 0.2) is 65.7 Å². The van der Waals surface area contributed by atoms with Crippen molar-refractivity contribution in [2.45, 2.75) is 37.6 Å². The van der Waals surface area contributed by atoms with E-state index < -0.39 is 10.0 Å². The van der Waals surface area contributed by atoms with Gasteiger partial charge in [0.15, 0.2) is 0 Å². The van der Waals surface area contributed by atoms with Crippen LogP contribution in [0.1, 0.15) is 37.0 Å². The van der Waals surface area contributed by atoms with E-state index in [1.54, 1.807) is 13.1 Å². The molecule has 1 unspecified atom stereocenters. The van der Waals surface area contributed by atoms with Crippen LogP contribution >= 0.6 is 0 Å². The summed E-state index contributed by atoms with van der Waals surface area (Å²) in [6, 6.07) is 15.4. The van der Waals surface area contributed by atoms with Crippen molar-refractivity contribution < 1.29 is 17.9 Å². The number of hydrogen-bond acceptors (Lipinski definition) is 5. The number of para-hydroxylation sites is 1. The molecule has 2 aromatic carbocycles. The number of nitrogens with zero attached hydrogens (tertiary/aromatic N) is 1. The molecule has 0 fully saturated rings. The molecule has 1 amide bonds. The fourth-order valence-electron chi connectivity index (χ4n) is 2.95. The molecular weight excluding hydrogens is 414 g/mol. The molecule has 8 heteroatoms. The van der Waals surface area contributed by atoms with Crippen LogP contribution in [0, 0.1) is 0 Å². The molecule has 0 aliphatic heterocycles. The topological polar surface area (TPSA) is 97.4 Å². The summed E-state index contributed by atoms with van der Waals surface area (Å²) in [5, 5.41) is 3.83. The van der Waals surface area contributed by atoms with Crippen molar-refractivity contribution >= 4 is 26.8 Å². The molecule has 0 saturated carbocycles. The lowest BCUT2D eigenvalue weighted by Gasteiger charge is -2.12. The largest absolute Gasteiger partial charge is 0.491 e. The third-order valence-corrected chi connectivity index (χ3v) is 6.46. The SMILES string of the molecule is CCC(C)NS(=O)(=O)c1ccc(C(=O)NCCCOc2cccc3cccnc23)cc1. The number of hydrogen-bond donors (Lipinski definition) is 2. The standard InChI is InChI=1S/C23H27N3O4S/c1-3-17(2)26-31(28,29)20-12-10-19(11-13-20)23(27)25-15-6-16-30-21-9-4-7-18-8-5-14-24-22(18)21/h4-5,7-14,17,26H,3,6,15-16H2,1-2H3,(H,25,27). The number of carbonyl (C=O) groups is 1. The molecule has 164 valence electrons. The molecule has 0 spiro atoms. The first-order valence-electron chi connectivity index (χ1n) is 10.3. The molecule has 7 nitrogen and oxygen atoms in total. The maximum absolute atomic E-state index is 12.3. The summed E-state index contributed by atoms with van der Waals surface area (Å²) < 4.78 is 33.0. The van der Waals surface area contributed by atoms with Gasteiger partial charge in [0.2, 0.25) is 10.0 Å². The lowest BCUT2D eigenvalue weighted by Crippen LogP contribution is -2.32. The number of carbonyl (C=O) groups excluding carboxylic acids is 1. The average molecular weight is 442 g/mol. The van der Waals surface area contributed by atoms with Crippen LogP contribution in [0.4, 0.5) is 0 Å². The fourth-order valence-corrected chi connectivity index (χ4v) is 4.28. The van der Waals surface area contributed by atoms with Crippen molar-refractivity contribution in [2.75, 3.05) is 13.2 Å². The molecule has 1 heterocycles. The molecule has 2 N–H and O–H groups in total. The number of pyridine rings is 1. The fraction of sp³-hybridized carbons (Fsp3) is 0.304. The Morgan fingerprint density at radius 1 is 1.10 bits per heavy atom. The first-order valence-corrected chi connectivity index (χ1v) is 11.8. The predicted octanol–water partition coefficient (Wildman–Crippen LogP) is 3.51. The monoisotopic (exact) mass is 441 g/mol. The number of benzene rings is 2. The number of fused-ring (bicyclic) bond motifs is 1. The second-order valence-corrected chi connectivity index (χ2v) is 8.96. The summed E-state index contributed by atoms with van der Waals surface area (Å²) in [6.07, 6.45) is 3.05. The van der Waals surface area contributed by atoms with Gasteiger partial charge in [-0.25, -0.2) is 13.1 Å². The zero-order valence-electron chi connectivity index (χ0n) is 17.7. The molecule has 1 aromatic heterocycles. The summed E-state index contributed by atoms with van der Waals surface area (Å²) in [7, 11) is -3.58. The predicted molar refractivity (Wildman–Crippen MR) is 121 cm³/mol. The highest BCUT2D eigenvalue weighted by Gasteiger charge is 2.17. The summed E-state index contributed by atoms with van der Waals surface area (Å²) in [4.78, 5) is 16.8. The third kappa shape index (κ3) is 6.02. The van der Waals surface area contributed by atoms with Crippen LogP contribution in [-0.2, 0) is 10.0 Å². The van der Waals surface area contributed by atoms with Crippen LogP contribution in [-0.4, -0.2) is 38.5 Å². The van der Waals surface area contributed by atoms with E-state index in [1.165, 1.54) is 24.3 Å². The molecule has 0 saturated heterocycles. The lowest BCUT2D eigenvalue weighted by atomic mass is 10.2. The molecule has 31 heavy (non-hydrogen) atoms. The second kappa shape index (κ2) is 10.4. The minimum absolute atomic E-state index is 0.140. The Labute approximate surface area is 182 Å². The quantitative estimate of drug-likeness (QED) is 0.469. The van der Waals surface area contributed by atoms with E-state index >= 15 is 0 Å². The Hall–Kier alpha value is -2.97. The minimum Gasteiger partial charge on any atom is -0.491 e. The molecule has 1 atom stereocenters. The normalized spacial score (nSPS) is 12.5. The van der Waals surface area contributed by atoms with Crippen LogP contribution in [0.25, 0.3) is 10.9 Å². The van der Waals surface area contributed by atoms with Crippen molar-refractivity contribution in [1.29, 1.82) is 0 Å². The summed E-state index contributed by atoms with van der Waals surface area (Å²) in [5.41, 5.74) is 1.22. The Balaban J connectivity index is 1.47. The van der Waals surface area contributed by atoms with E-state index in [-0.39, 0.29) is 16.8 Å². The van der Waals surface area contributed by atoms with E-state index in [4.69, 9.17) is 4.74 Å². The Morgan fingerprint density at radius 2 is 1.84 bits per heavy atom. The van der Waals surface area contributed by atoms with Crippen LogP contribution in [0.5, 0.6) is 5.75 Å². The number of ether oxygens (including phenoxy) is 1. The molecule has 0 aliphatic rings. The van der Waals surface area contributed by atoms with Gasteiger partial charge in [0.1, 0.15) is 11.3 Å². The molecule has 0 bridgehead atoms. The number of aromatic nitrogens is 1. The van der Waals surface area contributed by atoms with E-state index in [1.807, 2.05) is 37.3 Å². The van der Waals surface area contributed by atoms with Gasteiger partial charge >= 0.3 is 0 Å². The maximum Gasteiger partial charge on any atom is 0.251 e. The van der Waals surface area contributed by atoms with E-state index in [0.29, 0.717) is 37.3 Å². The van der Waals surface area contributed by atoms with Crippen molar-refractivity contribution in [1.82, 2.24) is 15.0 Å². The van der Waals surface area contributed by atoms with Crippen LogP contribution < -0.4 is 14.8 Å². The highest BCUT2D eigenvalue weighted by Crippen LogP contribution is 2.22. The van der Waals surface area contributed by atoms with Gasteiger partial charge in [0, 0.05) is 29.7 Å². The first kappa shape index (κ1) is 22.7. The van der Waals surface area contributed by atoms with Gasteiger partial charge < -0.3 is 10.1 Å². The molecular formula is C23H27N3O4S. The molecule has 0 aliphatic carbocycles. The lowest BCUT2D eigenvalue weighted by molar-refractivity contribution is 0.0951. The smallest absolute Gasteiger partial charge is 0.251 e. The van der Waals surface area contributed by atoms with Gasteiger partial charge in [-0.1, -0.05) is 25.1 Å². The summed E-state index contributed by atoms with van der Waals surface area (Å²) in [6.45, 7) is 4.59. The molecule has 3 aromatic rings. The van der Waals surface area contributed by atoms with Gasteiger partial charge in [-0.15, -0.1) is 0 Å². The number of amides is 1. The van der Waals surface area contributed by atoms with Crippen molar-refractivity contribution in [3.8, 4) is 5.75 Å². The third-order valence-electron chi connectivity index (χ3n) is 4.86. The van der Waals surface area contributed by atoms with Gasteiger partial charge in [0.05, 0.1) is 11.5 Å². The van der Waals surface area contributed by atoms with Crippen LogP contribution in [0.3, 0.4) is 0 Å². The van der Waals surface area contributed by atoms with Crippen molar-refractivity contribution in [3.63, 3.8) is 0 Å². The van der Waals surface area contributed by atoms with E-state index in [2.05, 4.69) is 15.0 Å².